The summed E-state index contributed by atoms with van der Waals surface area (Å²) in [6.45, 7) is 0.194. The molecule has 0 radical (unpaired) electrons. The quantitative estimate of drug-likeness (QED) is 0.655. The molecule has 0 unspecified atom stereocenters. The standard InChI is InChI=1S/C14H14N6O2/c1-15-8-13(21)18-12-7-10(9-4-5-16-20-9)17-14(19-12)11-3-2-6-22-11/h2-7,15H,8H2,1H3,(H,16,20)(H,17,18,19,21). The summed E-state index contributed by atoms with van der Waals surface area (Å²) in [7, 11) is 1.70. The van der Waals surface area contributed by atoms with Crippen LogP contribution < -0.4 is 10.6 Å². The van der Waals surface area contributed by atoms with Crippen LogP contribution in [0.25, 0.3) is 23.0 Å². The zero-order valence-corrected chi connectivity index (χ0v) is 11.8. The number of rotatable bonds is 5. The van der Waals surface area contributed by atoms with E-state index >= 15 is 0 Å². The summed E-state index contributed by atoms with van der Waals surface area (Å²) in [5, 5.41) is 12.2. The maximum Gasteiger partial charge on any atom is 0.239 e. The summed E-state index contributed by atoms with van der Waals surface area (Å²) in [5.74, 6) is 1.11. The van der Waals surface area contributed by atoms with Crippen LogP contribution in [0.3, 0.4) is 0 Å². The van der Waals surface area contributed by atoms with E-state index in [-0.39, 0.29) is 12.5 Å². The van der Waals surface area contributed by atoms with Crippen molar-refractivity contribution in [1.29, 1.82) is 0 Å². The van der Waals surface area contributed by atoms with Gasteiger partial charge in [0.05, 0.1) is 24.2 Å². The fourth-order valence-electron chi connectivity index (χ4n) is 1.91. The lowest BCUT2D eigenvalue weighted by atomic mass is 10.2. The van der Waals surface area contributed by atoms with E-state index in [2.05, 4.69) is 30.8 Å². The number of amides is 1. The third-order valence-corrected chi connectivity index (χ3v) is 2.85. The number of aromatic amines is 1. The molecule has 112 valence electrons. The predicted octanol–water partition coefficient (Wildman–Crippen LogP) is 1.28. The van der Waals surface area contributed by atoms with E-state index in [1.165, 1.54) is 0 Å². The fourth-order valence-corrected chi connectivity index (χ4v) is 1.91. The largest absolute Gasteiger partial charge is 0.461 e. The number of furan rings is 1. The fraction of sp³-hybridized carbons (Fsp3) is 0.143. The first-order valence-electron chi connectivity index (χ1n) is 6.63. The normalized spacial score (nSPS) is 10.6. The Labute approximate surface area is 126 Å². The molecule has 3 heterocycles. The molecule has 22 heavy (non-hydrogen) atoms. The molecule has 3 rings (SSSR count). The number of hydrogen-bond donors (Lipinski definition) is 3. The highest BCUT2D eigenvalue weighted by atomic mass is 16.3. The van der Waals surface area contributed by atoms with Crippen molar-refractivity contribution in [2.75, 3.05) is 18.9 Å². The van der Waals surface area contributed by atoms with Crippen LogP contribution in [0, 0.1) is 0 Å². The zero-order chi connectivity index (χ0) is 15.4. The summed E-state index contributed by atoms with van der Waals surface area (Å²) in [6, 6.07) is 6.97. The minimum absolute atomic E-state index is 0.192. The van der Waals surface area contributed by atoms with Crippen LogP contribution >= 0.6 is 0 Å². The number of hydrogen-bond acceptors (Lipinski definition) is 6. The SMILES string of the molecule is CNCC(=O)Nc1cc(-c2ccn[nH]2)nc(-c2ccco2)n1. The van der Waals surface area contributed by atoms with E-state index < -0.39 is 0 Å². The Balaban J connectivity index is 2.00. The first kappa shape index (κ1) is 14.0. The van der Waals surface area contributed by atoms with Gasteiger partial charge >= 0.3 is 0 Å². The smallest absolute Gasteiger partial charge is 0.239 e. The van der Waals surface area contributed by atoms with Gasteiger partial charge in [0.1, 0.15) is 5.82 Å². The van der Waals surface area contributed by atoms with Crippen LogP contribution in [0.5, 0.6) is 0 Å². The molecule has 3 aromatic heterocycles. The lowest BCUT2D eigenvalue weighted by molar-refractivity contribution is -0.115. The summed E-state index contributed by atoms with van der Waals surface area (Å²) in [4.78, 5) is 20.5. The molecule has 3 N–H and O–H groups in total. The molecule has 0 spiro atoms. The second kappa shape index (κ2) is 6.19. The number of anilines is 1. The lowest BCUT2D eigenvalue weighted by Crippen LogP contribution is -2.25. The Morgan fingerprint density at radius 2 is 2.27 bits per heavy atom. The van der Waals surface area contributed by atoms with Gasteiger partial charge in [-0.25, -0.2) is 9.97 Å². The molecule has 0 bridgehead atoms. The van der Waals surface area contributed by atoms with Crippen molar-refractivity contribution in [2.45, 2.75) is 0 Å². The van der Waals surface area contributed by atoms with Gasteiger partial charge in [0.2, 0.25) is 5.91 Å². The molecule has 0 fully saturated rings. The Hall–Kier alpha value is -3.00. The van der Waals surface area contributed by atoms with Gasteiger partial charge in [-0.2, -0.15) is 5.10 Å². The van der Waals surface area contributed by atoms with E-state index in [9.17, 15) is 4.79 Å². The minimum atomic E-state index is -0.192. The molecule has 1 amide bonds. The molecule has 0 saturated carbocycles. The van der Waals surface area contributed by atoms with Crippen molar-refractivity contribution in [3.63, 3.8) is 0 Å². The highest BCUT2D eigenvalue weighted by Crippen LogP contribution is 2.23. The van der Waals surface area contributed by atoms with Gasteiger partial charge in [0, 0.05) is 12.3 Å². The van der Waals surface area contributed by atoms with Crippen LogP contribution in [0.15, 0.2) is 41.1 Å². The second-order valence-corrected chi connectivity index (χ2v) is 4.49. The van der Waals surface area contributed by atoms with E-state index in [0.29, 0.717) is 23.1 Å². The number of nitrogens with zero attached hydrogens (tertiary/aromatic N) is 3. The number of aromatic nitrogens is 4. The van der Waals surface area contributed by atoms with Crippen LogP contribution in [0.1, 0.15) is 0 Å². The Morgan fingerprint density at radius 1 is 1.36 bits per heavy atom. The van der Waals surface area contributed by atoms with E-state index in [1.807, 2.05) is 0 Å². The van der Waals surface area contributed by atoms with Crippen molar-refractivity contribution in [1.82, 2.24) is 25.5 Å². The minimum Gasteiger partial charge on any atom is -0.461 e. The number of H-pyrrole nitrogens is 1. The highest BCUT2D eigenvalue weighted by Gasteiger charge is 2.12. The average molecular weight is 298 g/mol. The van der Waals surface area contributed by atoms with Gasteiger partial charge in [-0.3, -0.25) is 9.89 Å². The maximum absolute atomic E-state index is 11.7. The molecule has 8 nitrogen and oxygen atoms in total. The molecule has 0 saturated heterocycles. The lowest BCUT2D eigenvalue weighted by Gasteiger charge is -2.07. The van der Waals surface area contributed by atoms with Gasteiger partial charge in [0.25, 0.3) is 0 Å². The molecule has 0 aromatic carbocycles. The van der Waals surface area contributed by atoms with Crippen molar-refractivity contribution in [2.24, 2.45) is 0 Å². The van der Waals surface area contributed by atoms with Gasteiger partial charge < -0.3 is 15.1 Å². The summed E-state index contributed by atoms with van der Waals surface area (Å²) in [6.07, 6.45) is 3.17. The Morgan fingerprint density at radius 3 is 2.95 bits per heavy atom. The number of carbonyl (C=O) groups is 1. The topological polar surface area (TPSA) is 109 Å². The molecule has 0 aliphatic rings. The molecular formula is C14H14N6O2. The third-order valence-electron chi connectivity index (χ3n) is 2.85. The number of carbonyl (C=O) groups excluding carboxylic acids is 1. The summed E-state index contributed by atoms with van der Waals surface area (Å²) < 4.78 is 5.32. The monoisotopic (exact) mass is 298 g/mol. The van der Waals surface area contributed by atoms with Gasteiger partial charge in [-0.15, -0.1) is 0 Å². The molecule has 0 atom stereocenters. The third kappa shape index (κ3) is 3.01. The van der Waals surface area contributed by atoms with Crippen LogP contribution in [-0.2, 0) is 4.79 Å². The number of likely N-dealkylation sites (N-methyl/N-ethyl adjacent to an activating group) is 1. The van der Waals surface area contributed by atoms with Crippen molar-refractivity contribution >= 4 is 11.7 Å². The second-order valence-electron chi connectivity index (χ2n) is 4.49. The van der Waals surface area contributed by atoms with E-state index in [4.69, 9.17) is 4.42 Å². The van der Waals surface area contributed by atoms with Gasteiger partial charge in [-0.05, 0) is 25.2 Å². The van der Waals surface area contributed by atoms with E-state index in [0.717, 1.165) is 5.69 Å². The van der Waals surface area contributed by atoms with Crippen LogP contribution in [0.2, 0.25) is 0 Å². The highest BCUT2D eigenvalue weighted by molar-refractivity contribution is 5.91. The van der Waals surface area contributed by atoms with Crippen molar-refractivity contribution in [3.05, 3.63) is 36.7 Å². The summed E-state index contributed by atoms with van der Waals surface area (Å²) in [5.41, 5.74) is 1.33. The van der Waals surface area contributed by atoms with Crippen LogP contribution in [-0.4, -0.2) is 39.7 Å². The molecule has 8 heteroatoms. The molecule has 0 aliphatic heterocycles. The first-order chi connectivity index (χ1) is 10.8. The Kier molecular flexibility index (Phi) is 3.92. The van der Waals surface area contributed by atoms with E-state index in [1.54, 1.807) is 43.8 Å². The Bertz CT molecular complexity index is 699. The van der Waals surface area contributed by atoms with Gasteiger partial charge in [0.15, 0.2) is 11.6 Å². The molecular weight excluding hydrogens is 284 g/mol. The first-order valence-corrected chi connectivity index (χ1v) is 6.63. The van der Waals surface area contributed by atoms with Gasteiger partial charge in [-0.1, -0.05) is 0 Å². The van der Waals surface area contributed by atoms with Crippen LogP contribution in [0.4, 0.5) is 5.82 Å². The predicted molar refractivity (Wildman–Crippen MR) is 79.9 cm³/mol. The average Bonchev–Trinajstić information content (AvgIpc) is 3.21. The van der Waals surface area contributed by atoms with Crippen molar-refractivity contribution < 1.29 is 9.21 Å². The zero-order valence-electron chi connectivity index (χ0n) is 11.8. The van der Waals surface area contributed by atoms with Crippen molar-refractivity contribution in [3.8, 4) is 23.0 Å². The number of nitrogens with one attached hydrogen (secondary N) is 3. The molecule has 0 aliphatic carbocycles. The maximum atomic E-state index is 11.7. The summed E-state index contributed by atoms with van der Waals surface area (Å²) >= 11 is 0. The molecule has 3 aromatic rings.